The predicted octanol–water partition coefficient (Wildman–Crippen LogP) is 0.162. The summed E-state index contributed by atoms with van der Waals surface area (Å²) in [7, 11) is 3.69. The van der Waals surface area contributed by atoms with Crippen LogP contribution in [0.4, 0.5) is 0 Å². The zero-order valence-corrected chi connectivity index (χ0v) is 12.7. The lowest BCUT2D eigenvalue weighted by Gasteiger charge is -2.28. The summed E-state index contributed by atoms with van der Waals surface area (Å²) in [5.41, 5.74) is -1.03. The summed E-state index contributed by atoms with van der Waals surface area (Å²) in [5, 5.41) is 22.0. The standard InChI is InChI=1S/C14H26N2O4/c1-9-5-10(11(6-9)13(18)19)12(17)15-7-14(2,20)8-16(3)4/h9-11,20H,5-8H2,1-4H3,(H,15,17)(H,18,19). The molecule has 1 saturated carbocycles. The molecule has 1 aliphatic carbocycles. The lowest BCUT2D eigenvalue weighted by atomic mass is 9.95. The smallest absolute Gasteiger partial charge is 0.307 e. The van der Waals surface area contributed by atoms with Crippen LogP contribution < -0.4 is 5.32 Å². The molecular formula is C14H26N2O4. The van der Waals surface area contributed by atoms with E-state index in [1.54, 1.807) is 6.92 Å². The highest BCUT2D eigenvalue weighted by molar-refractivity contribution is 5.85. The highest BCUT2D eigenvalue weighted by atomic mass is 16.4. The van der Waals surface area contributed by atoms with Crippen molar-refractivity contribution in [1.82, 2.24) is 10.2 Å². The molecule has 0 bridgehead atoms. The van der Waals surface area contributed by atoms with Crippen molar-refractivity contribution < 1.29 is 19.8 Å². The van der Waals surface area contributed by atoms with Crippen molar-refractivity contribution >= 4 is 11.9 Å². The van der Waals surface area contributed by atoms with Gasteiger partial charge in [0.15, 0.2) is 0 Å². The summed E-state index contributed by atoms with van der Waals surface area (Å²) in [6, 6.07) is 0. The second-order valence-corrected chi connectivity index (χ2v) is 6.58. The number of hydrogen-bond donors (Lipinski definition) is 3. The number of nitrogens with zero attached hydrogens (tertiary/aromatic N) is 1. The van der Waals surface area contributed by atoms with Crippen molar-refractivity contribution in [3.63, 3.8) is 0 Å². The zero-order valence-electron chi connectivity index (χ0n) is 12.7. The fourth-order valence-electron chi connectivity index (χ4n) is 3.00. The number of carboxylic acid groups (broad SMARTS) is 1. The van der Waals surface area contributed by atoms with Gasteiger partial charge in [0.25, 0.3) is 0 Å². The van der Waals surface area contributed by atoms with E-state index in [2.05, 4.69) is 5.32 Å². The minimum Gasteiger partial charge on any atom is -0.481 e. The Balaban J connectivity index is 2.56. The van der Waals surface area contributed by atoms with E-state index < -0.39 is 23.4 Å². The molecule has 1 amide bonds. The van der Waals surface area contributed by atoms with Crippen LogP contribution in [0.15, 0.2) is 0 Å². The second kappa shape index (κ2) is 6.54. The highest BCUT2D eigenvalue weighted by Gasteiger charge is 2.41. The SMILES string of the molecule is CC1CC(C(=O)O)C(C(=O)NCC(C)(O)CN(C)C)C1. The van der Waals surface area contributed by atoms with Crippen LogP contribution in [0.3, 0.4) is 0 Å². The Bertz CT molecular complexity index is 368. The Morgan fingerprint density at radius 3 is 2.35 bits per heavy atom. The van der Waals surface area contributed by atoms with Crippen LogP contribution >= 0.6 is 0 Å². The molecule has 0 aromatic rings. The molecule has 0 spiro atoms. The van der Waals surface area contributed by atoms with Crippen LogP contribution in [0.1, 0.15) is 26.7 Å². The van der Waals surface area contributed by atoms with Crippen molar-refractivity contribution in [3.8, 4) is 0 Å². The lowest BCUT2D eigenvalue weighted by Crippen LogP contribution is -2.48. The topological polar surface area (TPSA) is 89.9 Å². The molecule has 1 rings (SSSR count). The number of rotatable bonds is 6. The zero-order chi connectivity index (χ0) is 15.5. The third-order valence-electron chi connectivity index (χ3n) is 3.75. The Morgan fingerprint density at radius 2 is 1.85 bits per heavy atom. The number of aliphatic carboxylic acids is 1. The molecule has 0 aromatic heterocycles. The fourth-order valence-corrected chi connectivity index (χ4v) is 3.00. The monoisotopic (exact) mass is 286 g/mol. The van der Waals surface area contributed by atoms with Gasteiger partial charge in [0, 0.05) is 13.1 Å². The van der Waals surface area contributed by atoms with E-state index in [9.17, 15) is 14.7 Å². The summed E-state index contributed by atoms with van der Waals surface area (Å²) in [4.78, 5) is 25.1. The number of carbonyl (C=O) groups is 2. The molecular weight excluding hydrogens is 260 g/mol. The molecule has 116 valence electrons. The molecule has 1 fully saturated rings. The van der Waals surface area contributed by atoms with Gasteiger partial charge in [-0.3, -0.25) is 9.59 Å². The number of carbonyl (C=O) groups excluding carboxylic acids is 1. The van der Waals surface area contributed by atoms with Crippen LogP contribution in [0.2, 0.25) is 0 Å². The van der Waals surface area contributed by atoms with Gasteiger partial charge in [-0.1, -0.05) is 6.92 Å². The number of amides is 1. The summed E-state index contributed by atoms with van der Waals surface area (Å²) in [6.07, 6.45) is 1.14. The largest absolute Gasteiger partial charge is 0.481 e. The summed E-state index contributed by atoms with van der Waals surface area (Å²) >= 11 is 0. The van der Waals surface area contributed by atoms with Gasteiger partial charge in [0.05, 0.1) is 17.4 Å². The van der Waals surface area contributed by atoms with Crippen molar-refractivity contribution in [3.05, 3.63) is 0 Å². The Morgan fingerprint density at radius 1 is 1.30 bits per heavy atom. The third-order valence-corrected chi connectivity index (χ3v) is 3.75. The number of hydrogen-bond acceptors (Lipinski definition) is 4. The highest BCUT2D eigenvalue weighted by Crippen LogP contribution is 2.36. The van der Waals surface area contributed by atoms with E-state index in [1.807, 2.05) is 25.9 Å². The first-order valence-corrected chi connectivity index (χ1v) is 7.00. The number of aliphatic hydroxyl groups is 1. The van der Waals surface area contributed by atoms with E-state index in [1.165, 1.54) is 0 Å². The van der Waals surface area contributed by atoms with E-state index in [0.29, 0.717) is 19.4 Å². The minimum atomic E-state index is -1.03. The van der Waals surface area contributed by atoms with Gasteiger partial charge in [0.2, 0.25) is 5.91 Å². The molecule has 0 aliphatic heterocycles. The van der Waals surface area contributed by atoms with Gasteiger partial charge in [-0.05, 0) is 39.8 Å². The predicted molar refractivity (Wildman–Crippen MR) is 75.2 cm³/mol. The quantitative estimate of drug-likeness (QED) is 0.647. The Hall–Kier alpha value is -1.14. The van der Waals surface area contributed by atoms with Crippen LogP contribution in [0, 0.1) is 17.8 Å². The second-order valence-electron chi connectivity index (χ2n) is 6.58. The van der Waals surface area contributed by atoms with Crippen molar-refractivity contribution in [2.75, 3.05) is 27.2 Å². The van der Waals surface area contributed by atoms with Crippen LogP contribution in [0.25, 0.3) is 0 Å². The average Bonchev–Trinajstić information content (AvgIpc) is 2.67. The van der Waals surface area contributed by atoms with Gasteiger partial charge in [0.1, 0.15) is 0 Å². The Labute approximate surface area is 120 Å². The molecule has 3 N–H and O–H groups in total. The minimum absolute atomic E-state index is 0.126. The van der Waals surface area contributed by atoms with Crippen LogP contribution in [-0.2, 0) is 9.59 Å². The molecule has 6 heteroatoms. The van der Waals surface area contributed by atoms with Gasteiger partial charge >= 0.3 is 5.97 Å². The molecule has 0 saturated heterocycles. The van der Waals surface area contributed by atoms with Gasteiger partial charge < -0.3 is 20.4 Å². The molecule has 0 heterocycles. The van der Waals surface area contributed by atoms with Crippen molar-refractivity contribution in [2.24, 2.45) is 17.8 Å². The van der Waals surface area contributed by atoms with Gasteiger partial charge in [-0.15, -0.1) is 0 Å². The molecule has 0 aromatic carbocycles. The van der Waals surface area contributed by atoms with Crippen LogP contribution in [0.5, 0.6) is 0 Å². The normalized spacial score (nSPS) is 29.2. The molecule has 4 atom stereocenters. The van der Waals surface area contributed by atoms with Crippen LogP contribution in [-0.4, -0.2) is 59.8 Å². The van der Waals surface area contributed by atoms with Gasteiger partial charge in [-0.2, -0.15) is 0 Å². The molecule has 0 radical (unpaired) electrons. The van der Waals surface area contributed by atoms with Crippen molar-refractivity contribution in [1.29, 1.82) is 0 Å². The van der Waals surface area contributed by atoms with E-state index >= 15 is 0 Å². The maximum absolute atomic E-state index is 12.1. The van der Waals surface area contributed by atoms with Crippen molar-refractivity contribution in [2.45, 2.75) is 32.3 Å². The maximum atomic E-state index is 12.1. The fraction of sp³-hybridized carbons (Fsp3) is 0.857. The molecule has 4 unspecified atom stereocenters. The first-order valence-electron chi connectivity index (χ1n) is 7.00. The first kappa shape index (κ1) is 16.9. The molecule has 1 aliphatic rings. The Kier molecular flexibility index (Phi) is 5.53. The number of carboxylic acids is 1. The van der Waals surface area contributed by atoms with E-state index in [4.69, 9.17) is 5.11 Å². The average molecular weight is 286 g/mol. The lowest BCUT2D eigenvalue weighted by molar-refractivity contribution is -0.146. The van der Waals surface area contributed by atoms with E-state index in [-0.39, 0.29) is 18.4 Å². The molecule has 20 heavy (non-hydrogen) atoms. The van der Waals surface area contributed by atoms with Gasteiger partial charge in [-0.25, -0.2) is 0 Å². The number of likely N-dealkylation sites (N-methyl/N-ethyl adjacent to an activating group) is 1. The first-order chi connectivity index (χ1) is 9.12. The summed E-state index contributed by atoms with van der Waals surface area (Å²) < 4.78 is 0. The summed E-state index contributed by atoms with van der Waals surface area (Å²) in [5.74, 6) is -2.02. The third kappa shape index (κ3) is 4.76. The number of nitrogens with one attached hydrogen (secondary N) is 1. The molecule has 6 nitrogen and oxygen atoms in total. The summed E-state index contributed by atoms with van der Waals surface area (Å²) in [6.45, 7) is 4.17. The van der Waals surface area contributed by atoms with E-state index in [0.717, 1.165) is 0 Å². The maximum Gasteiger partial charge on any atom is 0.307 e.